The maximum Gasteiger partial charge on any atom is 0.308 e. The molecule has 5 atom stereocenters. The molecule has 0 amide bonds. The van der Waals surface area contributed by atoms with Gasteiger partial charge in [-0.25, -0.2) is 0 Å². The highest BCUT2D eigenvalue weighted by Gasteiger charge is 2.46. The molecule has 3 aliphatic rings. The molecule has 5 heteroatoms. The maximum atomic E-state index is 11.4. The van der Waals surface area contributed by atoms with Gasteiger partial charge in [-0.15, -0.1) is 0 Å². The topological polar surface area (TPSA) is 87.0 Å². The summed E-state index contributed by atoms with van der Waals surface area (Å²) in [6.45, 7) is 2.09. The van der Waals surface area contributed by atoms with E-state index in [0.717, 1.165) is 12.0 Å². The van der Waals surface area contributed by atoms with Crippen molar-refractivity contribution >= 4 is 5.97 Å². The average molecular weight is 322 g/mol. The number of hydrogen-bond donors (Lipinski definition) is 3. The van der Waals surface area contributed by atoms with Crippen LogP contribution in [0.3, 0.4) is 0 Å². The van der Waals surface area contributed by atoms with Crippen LogP contribution in [-0.4, -0.2) is 39.3 Å². The summed E-state index contributed by atoms with van der Waals surface area (Å²) in [5, 5.41) is 30.6. The Kier molecular flexibility index (Phi) is 4.63. The largest absolute Gasteiger partial charge is 0.462 e. The molecule has 1 heterocycles. The molecule has 0 radical (unpaired) electrons. The molecule has 0 aromatic carbocycles. The summed E-state index contributed by atoms with van der Waals surface area (Å²) in [7, 11) is 0. The third-order valence-electron chi connectivity index (χ3n) is 5.50. The van der Waals surface area contributed by atoms with E-state index in [1.165, 1.54) is 0 Å². The summed E-state index contributed by atoms with van der Waals surface area (Å²) in [6, 6.07) is 0. The molecular weight excluding hydrogens is 296 g/mol. The van der Waals surface area contributed by atoms with E-state index in [4.69, 9.17) is 4.74 Å². The quantitative estimate of drug-likeness (QED) is 0.543. The van der Waals surface area contributed by atoms with Crippen LogP contribution in [0.5, 0.6) is 0 Å². The van der Waals surface area contributed by atoms with E-state index in [0.29, 0.717) is 25.7 Å². The van der Waals surface area contributed by atoms with Crippen LogP contribution >= 0.6 is 0 Å². The lowest BCUT2D eigenvalue weighted by molar-refractivity contribution is -0.213. The maximum absolute atomic E-state index is 11.4. The Hall–Kier alpha value is -1.17. The molecular formula is C18H26O5. The van der Waals surface area contributed by atoms with Gasteiger partial charge in [-0.1, -0.05) is 25.2 Å². The highest BCUT2D eigenvalue weighted by atomic mass is 16.5. The Balaban J connectivity index is 1.70. The van der Waals surface area contributed by atoms with Crippen LogP contribution < -0.4 is 0 Å². The fraction of sp³-hybridized carbons (Fsp3) is 0.722. The number of aliphatic hydroxyl groups excluding tert-OH is 1. The number of fused-ring (bicyclic) bond motifs is 1. The van der Waals surface area contributed by atoms with Crippen LogP contribution in [-0.2, 0) is 9.53 Å². The van der Waals surface area contributed by atoms with Crippen molar-refractivity contribution in [1.29, 1.82) is 0 Å². The van der Waals surface area contributed by atoms with Gasteiger partial charge in [0, 0.05) is 18.8 Å². The van der Waals surface area contributed by atoms with E-state index in [2.05, 4.69) is 19.1 Å². The molecule has 0 spiro atoms. The van der Waals surface area contributed by atoms with Gasteiger partial charge in [-0.3, -0.25) is 4.79 Å². The van der Waals surface area contributed by atoms with Gasteiger partial charge in [0.25, 0.3) is 0 Å². The molecule has 0 aromatic rings. The molecule has 2 aliphatic carbocycles. The van der Waals surface area contributed by atoms with Gasteiger partial charge in [-0.2, -0.15) is 0 Å². The number of cyclic esters (lactones) is 1. The summed E-state index contributed by atoms with van der Waals surface area (Å²) in [5.74, 6) is -1.98. The molecule has 0 bridgehead atoms. The Morgan fingerprint density at radius 1 is 1.35 bits per heavy atom. The number of allylic oxidation sites excluding steroid dienone is 3. The first-order valence-corrected chi connectivity index (χ1v) is 8.57. The van der Waals surface area contributed by atoms with Crippen molar-refractivity contribution in [2.75, 3.05) is 0 Å². The van der Waals surface area contributed by atoms with Crippen LogP contribution in [0.2, 0.25) is 0 Å². The SMILES string of the molecule is C[C@@H]1C=CC2=CCCC(O)(O)[C@@H]2[C@H]1CC[C@@H]1C[C@@H](O)CC(=O)O1. The van der Waals surface area contributed by atoms with Gasteiger partial charge < -0.3 is 20.1 Å². The fourth-order valence-electron chi connectivity index (χ4n) is 4.32. The van der Waals surface area contributed by atoms with E-state index in [-0.39, 0.29) is 36.2 Å². The molecule has 1 aliphatic heterocycles. The first-order chi connectivity index (χ1) is 10.9. The lowest BCUT2D eigenvalue weighted by atomic mass is 9.65. The minimum atomic E-state index is -1.67. The molecule has 23 heavy (non-hydrogen) atoms. The predicted octanol–water partition coefficient (Wildman–Crippen LogP) is 1.67. The Morgan fingerprint density at radius 3 is 2.87 bits per heavy atom. The lowest BCUT2D eigenvalue weighted by Crippen LogP contribution is -2.47. The Bertz CT molecular complexity index is 522. The summed E-state index contributed by atoms with van der Waals surface area (Å²) < 4.78 is 5.31. The van der Waals surface area contributed by atoms with Crippen LogP contribution in [0, 0.1) is 17.8 Å². The van der Waals surface area contributed by atoms with Crippen molar-refractivity contribution < 1.29 is 24.9 Å². The molecule has 128 valence electrons. The third kappa shape index (κ3) is 3.52. The van der Waals surface area contributed by atoms with E-state index in [1.807, 2.05) is 6.08 Å². The average Bonchev–Trinajstić information content (AvgIpc) is 2.45. The lowest BCUT2D eigenvalue weighted by Gasteiger charge is -2.44. The summed E-state index contributed by atoms with van der Waals surface area (Å²) in [5.41, 5.74) is 1.00. The van der Waals surface area contributed by atoms with Gasteiger partial charge in [0.1, 0.15) is 6.10 Å². The molecule has 0 unspecified atom stereocenters. The number of aliphatic hydroxyl groups is 3. The highest BCUT2D eigenvalue weighted by Crippen LogP contribution is 2.46. The van der Waals surface area contributed by atoms with E-state index in [1.54, 1.807) is 0 Å². The number of ether oxygens (including phenoxy) is 1. The molecule has 0 saturated carbocycles. The standard InChI is InChI=1S/C18H26O5/c1-11-4-5-12-3-2-8-18(21,22)17(12)15(11)7-6-14-9-13(19)10-16(20)23-14/h3-5,11,13-15,17,19,21-22H,2,6-10H2,1H3/t11-,13-,14-,15+,17+/m1/s1. The van der Waals surface area contributed by atoms with E-state index in [9.17, 15) is 20.1 Å². The first-order valence-electron chi connectivity index (χ1n) is 8.57. The van der Waals surface area contributed by atoms with Gasteiger partial charge in [0.05, 0.1) is 12.5 Å². The van der Waals surface area contributed by atoms with Crippen LogP contribution in [0.4, 0.5) is 0 Å². The van der Waals surface area contributed by atoms with Crippen molar-refractivity contribution in [1.82, 2.24) is 0 Å². The Labute approximate surface area is 136 Å². The minimum Gasteiger partial charge on any atom is -0.462 e. The van der Waals surface area contributed by atoms with Gasteiger partial charge in [0.15, 0.2) is 5.79 Å². The van der Waals surface area contributed by atoms with E-state index >= 15 is 0 Å². The molecule has 0 aromatic heterocycles. The van der Waals surface area contributed by atoms with Crippen molar-refractivity contribution in [3.8, 4) is 0 Å². The smallest absolute Gasteiger partial charge is 0.308 e. The van der Waals surface area contributed by atoms with E-state index < -0.39 is 11.9 Å². The monoisotopic (exact) mass is 322 g/mol. The number of esters is 1. The summed E-state index contributed by atoms with van der Waals surface area (Å²) in [4.78, 5) is 11.4. The summed E-state index contributed by atoms with van der Waals surface area (Å²) >= 11 is 0. The molecule has 1 fully saturated rings. The van der Waals surface area contributed by atoms with Crippen molar-refractivity contribution in [2.24, 2.45) is 17.8 Å². The van der Waals surface area contributed by atoms with Gasteiger partial charge >= 0.3 is 5.97 Å². The zero-order valence-electron chi connectivity index (χ0n) is 13.5. The fourth-order valence-corrected chi connectivity index (χ4v) is 4.32. The molecule has 3 N–H and O–H groups in total. The van der Waals surface area contributed by atoms with Crippen LogP contribution in [0.25, 0.3) is 0 Å². The van der Waals surface area contributed by atoms with Crippen LogP contribution in [0.15, 0.2) is 23.8 Å². The zero-order valence-corrected chi connectivity index (χ0v) is 13.5. The second-order valence-corrected chi connectivity index (χ2v) is 7.26. The molecule has 1 saturated heterocycles. The second-order valence-electron chi connectivity index (χ2n) is 7.26. The number of carbonyl (C=O) groups is 1. The summed E-state index contributed by atoms with van der Waals surface area (Å²) in [6.07, 6.45) is 8.29. The normalized spacial score (nSPS) is 39.4. The first kappa shape index (κ1) is 16.7. The Morgan fingerprint density at radius 2 is 2.13 bits per heavy atom. The second kappa shape index (κ2) is 6.38. The van der Waals surface area contributed by atoms with Gasteiger partial charge in [0.2, 0.25) is 0 Å². The third-order valence-corrected chi connectivity index (χ3v) is 5.50. The number of carbonyl (C=O) groups excluding carboxylic acids is 1. The number of hydrogen-bond acceptors (Lipinski definition) is 5. The van der Waals surface area contributed by atoms with Crippen molar-refractivity contribution in [3.63, 3.8) is 0 Å². The molecule has 5 nitrogen and oxygen atoms in total. The molecule has 3 rings (SSSR count). The minimum absolute atomic E-state index is 0.0744. The van der Waals surface area contributed by atoms with Gasteiger partial charge in [-0.05, 0) is 36.7 Å². The highest BCUT2D eigenvalue weighted by molar-refractivity contribution is 5.70. The number of rotatable bonds is 3. The van der Waals surface area contributed by atoms with Crippen LogP contribution in [0.1, 0.15) is 45.4 Å². The predicted molar refractivity (Wildman–Crippen MR) is 84.1 cm³/mol. The van der Waals surface area contributed by atoms with Crippen molar-refractivity contribution in [3.05, 3.63) is 23.8 Å². The van der Waals surface area contributed by atoms with Crippen molar-refractivity contribution in [2.45, 2.75) is 63.4 Å². The zero-order chi connectivity index (χ0) is 16.6.